The monoisotopic (exact) mass is 249 g/mol. The van der Waals surface area contributed by atoms with Crippen molar-refractivity contribution in [2.75, 3.05) is 0 Å². The Balaban J connectivity index is 2.31. The van der Waals surface area contributed by atoms with E-state index < -0.39 is 11.6 Å². The molecule has 2 aromatic rings. The van der Waals surface area contributed by atoms with E-state index >= 15 is 0 Å². The lowest BCUT2D eigenvalue weighted by Crippen LogP contribution is -1.94. The van der Waals surface area contributed by atoms with Gasteiger partial charge in [-0.05, 0) is 13.0 Å². The number of hydrogen-bond donors (Lipinski definition) is 0. The molecule has 0 aliphatic carbocycles. The largest absolute Gasteiger partial charge is 0.439 e. The van der Waals surface area contributed by atoms with Gasteiger partial charge >= 0.3 is 0 Å². The van der Waals surface area contributed by atoms with Gasteiger partial charge in [0.15, 0.2) is 6.29 Å². The SMILES string of the molecule is Cc1cc(C=O)cnc1Oc1cc(F)cc(F)c1. The van der Waals surface area contributed by atoms with Crippen molar-refractivity contribution in [2.24, 2.45) is 0 Å². The van der Waals surface area contributed by atoms with Crippen molar-refractivity contribution in [3.05, 3.63) is 53.2 Å². The Bertz CT molecular complexity index is 579. The van der Waals surface area contributed by atoms with E-state index in [0.717, 1.165) is 18.2 Å². The molecule has 1 heterocycles. The molecule has 0 bridgehead atoms. The molecule has 1 aromatic carbocycles. The highest BCUT2D eigenvalue weighted by Crippen LogP contribution is 2.24. The predicted molar refractivity (Wildman–Crippen MR) is 60.8 cm³/mol. The van der Waals surface area contributed by atoms with Crippen LogP contribution in [0, 0.1) is 18.6 Å². The molecule has 1 aromatic heterocycles. The lowest BCUT2D eigenvalue weighted by atomic mass is 10.2. The fourth-order valence-electron chi connectivity index (χ4n) is 1.45. The Morgan fingerprint density at radius 2 is 1.83 bits per heavy atom. The summed E-state index contributed by atoms with van der Waals surface area (Å²) in [7, 11) is 0. The van der Waals surface area contributed by atoms with E-state index in [4.69, 9.17) is 4.74 Å². The molecule has 0 fully saturated rings. The van der Waals surface area contributed by atoms with Crippen molar-refractivity contribution in [1.82, 2.24) is 4.98 Å². The van der Waals surface area contributed by atoms with Crippen molar-refractivity contribution >= 4 is 6.29 Å². The van der Waals surface area contributed by atoms with Crippen LogP contribution in [0.25, 0.3) is 0 Å². The molecule has 0 N–H and O–H groups in total. The first-order valence-electron chi connectivity index (χ1n) is 5.14. The summed E-state index contributed by atoms with van der Waals surface area (Å²) in [5.74, 6) is -1.24. The molecular formula is C13H9F2NO2. The third kappa shape index (κ3) is 2.68. The van der Waals surface area contributed by atoms with Crippen molar-refractivity contribution in [2.45, 2.75) is 6.92 Å². The van der Waals surface area contributed by atoms with Crippen LogP contribution in [-0.4, -0.2) is 11.3 Å². The molecule has 2 rings (SSSR count). The fourth-order valence-corrected chi connectivity index (χ4v) is 1.45. The number of carbonyl (C=O) groups excluding carboxylic acids is 1. The minimum Gasteiger partial charge on any atom is -0.439 e. The minimum atomic E-state index is -0.729. The first kappa shape index (κ1) is 12.2. The Hall–Kier alpha value is -2.30. The molecular weight excluding hydrogens is 240 g/mol. The Morgan fingerprint density at radius 3 is 2.39 bits per heavy atom. The van der Waals surface area contributed by atoms with E-state index in [0.29, 0.717) is 17.4 Å². The van der Waals surface area contributed by atoms with Gasteiger partial charge in [0.05, 0.1) is 0 Å². The smallest absolute Gasteiger partial charge is 0.222 e. The molecule has 0 amide bonds. The van der Waals surface area contributed by atoms with Crippen LogP contribution >= 0.6 is 0 Å². The van der Waals surface area contributed by atoms with Gasteiger partial charge in [-0.2, -0.15) is 0 Å². The zero-order valence-electron chi connectivity index (χ0n) is 9.48. The maximum Gasteiger partial charge on any atom is 0.222 e. The number of aryl methyl sites for hydroxylation is 1. The number of ether oxygens (including phenoxy) is 1. The molecule has 0 spiro atoms. The number of aldehydes is 1. The fraction of sp³-hybridized carbons (Fsp3) is 0.0769. The zero-order chi connectivity index (χ0) is 13.1. The highest BCUT2D eigenvalue weighted by molar-refractivity contribution is 5.74. The van der Waals surface area contributed by atoms with Gasteiger partial charge in [-0.1, -0.05) is 0 Å². The van der Waals surface area contributed by atoms with Crippen molar-refractivity contribution in [3.63, 3.8) is 0 Å². The lowest BCUT2D eigenvalue weighted by Gasteiger charge is -2.07. The van der Waals surface area contributed by atoms with E-state index in [2.05, 4.69) is 4.98 Å². The topological polar surface area (TPSA) is 39.2 Å². The highest BCUT2D eigenvalue weighted by Gasteiger charge is 2.07. The van der Waals surface area contributed by atoms with E-state index in [9.17, 15) is 13.6 Å². The second-order valence-electron chi connectivity index (χ2n) is 3.72. The predicted octanol–water partition coefficient (Wildman–Crippen LogP) is 3.27. The molecule has 0 saturated carbocycles. The molecule has 0 radical (unpaired) electrons. The molecule has 18 heavy (non-hydrogen) atoms. The van der Waals surface area contributed by atoms with E-state index in [-0.39, 0.29) is 11.6 Å². The summed E-state index contributed by atoms with van der Waals surface area (Å²) in [6.45, 7) is 1.69. The van der Waals surface area contributed by atoms with Crippen LogP contribution in [0.3, 0.4) is 0 Å². The lowest BCUT2D eigenvalue weighted by molar-refractivity contribution is 0.112. The summed E-state index contributed by atoms with van der Waals surface area (Å²) >= 11 is 0. The minimum absolute atomic E-state index is 0.0157. The summed E-state index contributed by atoms with van der Waals surface area (Å²) < 4.78 is 31.2. The van der Waals surface area contributed by atoms with Gasteiger partial charge in [0.1, 0.15) is 17.4 Å². The Kier molecular flexibility index (Phi) is 3.32. The number of carbonyl (C=O) groups is 1. The molecule has 3 nitrogen and oxygen atoms in total. The van der Waals surface area contributed by atoms with Gasteiger partial charge in [-0.15, -0.1) is 0 Å². The third-order valence-electron chi connectivity index (χ3n) is 2.24. The number of rotatable bonds is 3. The van der Waals surface area contributed by atoms with Crippen LogP contribution in [0.15, 0.2) is 30.5 Å². The third-order valence-corrected chi connectivity index (χ3v) is 2.24. The number of benzene rings is 1. The van der Waals surface area contributed by atoms with E-state index in [1.807, 2.05) is 0 Å². The standard InChI is InChI=1S/C13H9F2NO2/c1-8-2-9(7-17)6-16-13(8)18-12-4-10(14)3-11(15)5-12/h2-7H,1H3. The number of nitrogens with zero attached hydrogens (tertiary/aromatic N) is 1. The van der Waals surface area contributed by atoms with Crippen LogP contribution in [-0.2, 0) is 0 Å². The van der Waals surface area contributed by atoms with E-state index in [1.54, 1.807) is 13.0 Å². The van der Waals surface area contributed by atoms with Crippen molar-refractivity contribution in [3.8, 4) is 11.6 Å². The maximum absolute atomic E-state index is 13.0. The van der Waals surface area contributed by atoms with Crippen molar-refractivity contribution < 1.29 is 18.3 Å². The van der Waals surface area contributed by atoms with Gasteiger partial charge in [0, 0.05) is 35.5 Å². The Labute approximate surface area is 102 Å². The van der Waals surface area contributed by atoms with Gasteiger partial charge in [-0.3, -0.25) is 4.79 Å². The second-order valence-corrected chi connectivity index (χ2v) is 3.72. The number of halogens is 2. The van der Waals surface area contributed by atoms with Gasteiger partial charge < -0.3 is 4.74 Å². The normalized spacial score (nSPS) is 10.2. The first-order chi connectivity index (χ1) is 8.58. The summed E-state index contributed by atoms with van der Waals surface area (Å²) in [6, 6.07) is 4.43. The van der Waals surface area contributed by atoms with Crippen LogP contribution < -0.4 is 4.74 Å². The number of hydrogen-bond acceptors (Lipinski definition) is 3. The van der Waals surface area contributed by atoms with E-state index in [1.165, 1.54) is 6.20 Å². The summed E-state index contributed by atoms with van der Waals surface area (Å²) in [6.07, 6.45) is 1.98. The van der Waals surface area contributed by atoms with Gasteiger partial charge in [0.2, 0.25) is 5.88 Å². The first-order valence-corrected chi connectivity index (χ1v) is 5.14. The average molecular weight is 249 g/mol. The quantitative estimate of drug-likeness (QED) is 0.783. The van der Waals surface area contributed by atoms with Crippen LogP contribution in [0.4, 0.5) is 8.78 Å². The van der Waals surface area contributed by atoms with Crippen LogP contribution in [0.5, 0.6) is 11.6 Å². The zero-order valence-corrected chi connectivity index (χ0v) is 9.48. The molecule has 0 unspecified atom stereocenters. The molecule has 0 atom stereocenters. The molecule has 92 valence electrons. The van der Waals surface area contributed by atoms with Crippen LogP contribution in [0.2, 0.25) is 0 Å². The summed E-state index contributed by atoms with van der Waals surface area (Å²) in [5.41, 5.74) is 1.01. The average Bonchev–Trinajstić information content (AvgIpc) is 2.30. The molecule has 0 saturated heterocycles. The van der Waals surface area contributed by atoms with Gasteiger partial charge in [0.25, 0.3) is 0 Å². The number of pyridine rings is 1. The molecule has 0 aliphatic heterocycles. The van der Waals surface area contributed by atoms with Crippen molar-refractivity contribution in [1.29, 1.82) is 0 Å². The van der Waals surface area contributed by atoms with Gasteiger partial charge in [-0.25, -0.2) is 13.8 Å². The second kappa shape index (κ2) is 4.91. The maximum atomic E-state index is 13.0. The Morgan fingerprint density at radius 1 is 1.17 bits per heavy atom. The molecule has 5 heteroatoms. The molecule has 0 aliphatic rings. The summed E-state index contributed by atoms with van der Waals surface area (Å²) in [4.78, 5) is 14.4. The summed E-state index contributed by atoms with van der Waals surface area (Å²) in [5, 5.41) is 0. The highest BCUT2D eigenvalue weighted by atomic mass is 19.1. The number of aromatic nitrogens is 1. The van der Waals surface area contributed by atoms with Crippen LogP contribution in [0.1, 0.15) is 15.9 Å².